The minimum atomic E-state index is -0.919. The van der Waals surface area contributed by atoms with E-state index in [1.807, 2.05) is 19.9 Å². The number of benzene rings is 1. The summed E-state index contributed by atoms with van der Waals surface area (Å²) < 4.78 is 15.8. The molecule has 1 aromatic rings. The van der Waals surface area contributed by atoms with E-state index in [2.05, 4.69) is 0 Å². The van der Waals surface area contributed by atoms with Gasteiger partial charge in [0.15, 0.2) is 0 Å². The quantitative estimate of drug-likeness (QED) is 0.527. The van der Waals surface area contributed by atoms with E-state index in [1.165, 1.54) is 0 Å². The molecule has 0 saturated carbocycles. The van der Waals surface area contributed by atoms with Crippen LogP contribution in [-0.4, -0.2) is 25.7 Å². The van der Waals surface area contributed by atoms with Gasteiger partial charge in [-0.3, -0.25) is 0 Å². The summed E-state index contributed by atoms with van der Waals surface area (Å²) in [5.74, 6) is -0.437. The summed E-state index contributed by atoms with van der Waals surface area (Å²) in [6.45, 7) is 4.04. The lowest BCUT2D eigenvalue weighted by Crippen LogP contribution is -2.25. The maximum atomic E-state index is 11.8. The van der Waals surface area contributed by atoms with Crippen molar-refractivity contribution in [1.29, 1.82) is 0 Å². The molecule has 0 spiro atoms. The first-order chi connectivity index (χ1) is 8.77. The van der Waals surface area contributed by atoms with Gasteiger partial charge in [0.25, 0.3) is 0 Å². The van der Waals surface area contributed by atoms with Gasteiger partial charge in [-0.1, -0.05) is 32.0 Å². The molecule has 0 N–H and O–H groups in total. The van der Waals surface area contributed by atoms with Crippen LogP contribution in [0.5, 0.6) is 0 Å². The molecule has 0 aliphatic carbocycles. The predicted molar refractivity (Wildman–Crippen MR) is 68.1 cm³/mol. The third-order valence-corrected chi connectivity index (χ3v) is 2.13. The van der Waals surface area contributed by atoms with Crippen LogP contribution in [0.2, 0.25) is 0 Å². The minimum absolute atomic E-state index is 0.437. The molecule has 0 aliphatic rings. The highest BCUT2D eigenvalue weighted by Gasteiger charge is 2.16. The Hall–Kier alpha value is -1.39. The molecule has 0 heterocycles. The Morgan fingerprint density at radius 2 is 1.61 bits per heavy atom. The van der Waals surface area contributed by atoms with Crippen molar-refractivity contribution in [1.82, 2.24) is 0 Å². The second-order valence-corrected chi connectivity index (χ2v) is 3.80. The molecule has 0 aliphatic heterocycles. The highest BCUT2D eigenvalue weighted by Crippen LogP contribution is 2.07. The molecule has 0 fully saturated rings. The molecular weight excluding hydrogens is 232 g/mol. The van der Waals surface area contributed by atoms with E-state index in [1.54, 1.807) is 24.3 Å². The fraction of sp³-hybridized carbons (Fsp3) is 0.500. The third-order valence-electron chi connectivity index (χ3n) is 2.13. The maximum absolute atomic E-state index is 11.8. The van der Waals surface area contributed by atoms with Crippen LogP contribution in [0.25, 0.3) is 0 Å². The van der Waals surface area contributed by atoms with E-state index in [0.717, 1.165) is 12.8 Å². The number of ether oxygens (including phenoxy) is 3. The number of carbonyl (C=O) groups excluding carboxylic acids is 1. The largest absolute Gasteiger partial charge is 0.407 e. The van der Waals surface area contributed by atoms with Gasteiger partial charge in [-0.05, 0) is 25.0 Å². The number of hydrogen-bond donors (Lipinski definition) is 0. The van der Waals surface area contributed by atoms with Crippen LogP contribution in [0.4, 0.5) is 0 Å². The highest BCUT2D eigenvalue weighted by atomic mass is 16.9. The smallest absolute Gasteiger partial charge is 0.342 e. The third kappa shape index (κ3) is 5.29. The van der Waals surface area contributed by atoms with Gasteiger partial charge in [-0.2, -0.15) is 0 Å². The Bertz CT molecular complexity index is 329. The minimum Gasteiger partial charge on any atom is -0.407 e. The van der Waals surface area contributed by atoms with Crippen molar-refractivity contribution in [3.05, 3.63) is 35.9 Å². The first kappa shape index (κ1) is 14.7. The fourth-order valence-electron chi connectivity index (χ4n) is 1.27. The molecule has 100 valence electrons. The van der Waals surface area contributed by atoms with Crippen LogP contribution in [0, 0.1) is 0 Å². The molecule has 0 saturated heterocycles. The van der Waals surface area contributed by atoms with Crippen molar-refractivity contribution in [2.24, 2.45) is 0 Å². The standard InChI is InChI=1S/C14H20O4/c1-3-10-16-14(17-11-4-2)18-13(15)12-8-6-5-7-9-12/h5-9,14H,3-4,10-11H2,1-2H3. The summed E-state index contributed by atoms with van der Waals surface area (Å²) >= 11 is 0. The van der Waals surface area contributed by atoms with Gasteiger partial charge >= 0.3 is 12.4 Å². The Labute approximate surface area is 108 Å². The summed E-state index contributed by atoms with van der Waals surface area (Å²) in [6, 6.07) is 8.80. The Morgan fingerprint density at radius 3 is 2.11 bits per heavy atom. The Kier molecular flexibility index (Phi) is 7.06. The Balaban J connectivity index is 2.50. The second-order valence-electron chi connectivity index (χ2n) is 3.80. The first-order valence-corrected chi connectivity index (χ1v) is 6.27. The normalized spacial score (nSPS) is 10.6. The molecule has 0 radical (unpaired) electrons. The highest BCUT2D eigenvalue weighted by molar-refractivity contribution is 5.89. The summed E-state index contributed by atoms with van der Waals surface area (Å²) in [6.07, 6.45) is 1.68. The van der Waals surface area contributed by atoms with E-state index in [0.29, 0.717) is 18.8 Å². The monoisotopic (exact) mass is 252 g/mol. The van der Waals surface area contributed by atoms with Crippen LogP contribution in [0.1, 0.15) is 37.0 Å². The maximum Gasteiger partial charge on any atom is 0.342 e. The molecule has 18 heavy (non-hydrogen) atoms. The SMILES string of the molecule is CCCOC(OCCC)OC(=O)c1ccccc1. The van der Waals surface area contributed by atoms with Crippen molar-refractivity contribution >= 4 is 5.97 Å². The summed E-state index contributed by atoms with van der Waals surface area (Å²) in [5.41, 5.74) is 0.489. The van der Waals surface area contributed by atoms with E-state index >= 15 is 0 Å². The van der Waals surface area contributed by atoms with E-state index < -0.39 is 12.4 Å². The topological polar surface area (TPSA) is 44.8 Å². The zero-order chi connectivity index (χ0) is 13.2. The molecule has 1 aromatic carbocycles. The van der Waals surface area contributed by atoms with Crippen LogP contribution < -0.4 is 0 Å². The average molecular weight is 252 g/mol. The van der Waals surface area contributed by atoms with Gasteiger partial charge in [0.2, 0.25) is 0 Å². The van der Waals surface area contributed by atoms with Crippen LogP contribution >= 0.6 is 0 Å². The van der Waals surface area contributed by atoms with Crippen molar-refractivity contribution < 1.29 is 19.0 Å². The first-order valence-electron chi connectivity index (χ1n) is 6.27. The fourth-order valence-corrected chi connectivity index (χ4v) is 1.27. The van der Waals surface area contributed by atoms with Gasteiger partial charge in [-0.15, -0.1) is 0 Å². The number of rotatable bonds is 8. The summed E-state index contributed by atoms with van der Waals surface area (Å²) in [5, 5.41) is 0. The summed E-state index contributed by atoms with van der Waals surface area (Å²) in [7, 11) is 0. The van der Waals surface area contributed by atoms with Crippen LogP contribution in [0.3, 0.4) is 0 Å². The Morgan fingerprint density at radius 1 is 1.06 bits per heavy atom. The van der Waals surface area contributed by atoms with Crippen molar-refractivity contribution in [2.75, 3.05) is 13.2 Å². The molecule has 0 atom stereocenters. The number of esters is 1. The number of hydrogen-bond acceptors (Lipinski definition) is 4. The molecule has 4 nitrogen and oxygen atoms in total. The zero-order valence-electron chi connectivity index (χ0n) is 10.9. The van der Waals surface area contributed by atoms with Crippen molar-refractivity contribution in [3.8, 4) is 0 Å². The van der Waals surface area contributed by atoms with Crippen LogP contribution in [0.15, 0.2) is 30.3 Å². The van der Waals surface area contributed by atoms with E-state index in [9.17, 15) is 4.79 Å². The lowest BCUT2D eigenvalue weighted by molar-refractivity contribution is -0.261. The predicted octanol–water partition coefficient (Wildman–Crippen LogP) is 2.98. The molecule has 0 bridgehead atoms. The van der Waals surface area contributed by atoms with Gasteiger partial charge < -0.3 is 14.2 Å². The van der Waals surface area contributed by atoms with Crippen LogP contribution in [-0.2, 0) is 14.2 Å². The molecule has 0 amide bonds. The van der Waals surface area contributed by atoms with Crippen molar-refractivity contribution in [2.45, 2.75) is 33.2 Å². The average Bonchev–Trinajstić information content (AvgIpc) is 2.42. The van der Waals surface area contributed by atoms with Gasteiger partial charge in [0.05, 0.1) is 18.8 Å². The number of carbonyl (C=O) groups is 1. The molecule has 4 heteroatoms. The molecule has 1 rings (SSSR count). The summed E-state index contributed by atoms with van der Waals surface area (Å²) in [4.78, 5) is 11.8. The lowest BCUT2D eigenvalue weighted by Gasteiger charge is -2.17. The molecule has 0 unspecified atom stereocenters. The van der Waals surface area contributed by atoms with Gasteiger partial charge in [0.1, 0.15) is 0 Å². The van der Waals surface area contributed by atoms with E-state index in [-0.39, 0.29) is 0 Å². The van der Waals surface area contributed by atoms with Crippen molar-refractivity contribution in [3.63, 3.8) is 0 Å². The second kappa shape index (κ2) is 8.66. The van der Waals surface area contributed by atoms with E-state index in [4.69, 9.17) is 14.2 Å². The lowest BCUT2D eigenvalue weighted by atomic mass is 10.2. The molecular formula is C14H20O4. The van der Waals surface area contributed by atoms with Gasteiger partial charge in [0, 0.05) is 0 Å². The molecule has 0 aromatic heterocycles. The van der Waals surface area contributed by atoms with Gasteiger partial charge in [-0.25, -0.2) is 4.79 Å². The zero-order valence-corrected chi connectivity index (χ0v) is 10.9.